The van der Waals surface area contributed by atoms with Crippen LogP contribution < -0.4 is 10.9 Å². The van der Waals surface area contributed by atoms with Crippen LogP contribution in [0.2, 0.25) is 0 Å². The van der Waals surface area contributed by atoms with E-state index < -0.39 is 5.60 Å². The fourth-order valence-corrected chi connectivity index (χ4v) is 3.43. The van der Waals surface area contributed by atoms with E-state index in [0.29, 0.717) is 32.6 Å². The maximum atomic E-state index is 12.1. The van der Waals surface area contributed by atoms with Crippen LogP contribution in [0.4, 0.5) is 0 Å². The van der Waals surface area contributed by atoms with Gasteiger partial charge in [0.15, 0.2) is 0 Å². The van der Waals surface area contributed by atoms with Crippen molar-refractivity contribution in [3.63, 3.8) is 0 Å². The van der Waals surface area contributed by atoms with Crippen molar-refractivity contribution >= 4 is 0 Å². The topological polar surface area (TPSA) is 93.5 Å². The molecule has 118 valence electrons. The Morgan fingerprint density at radius 1 is 1.38 bits per heavy atom. The first-order chi connectivity index (χ1) is 10.1. The van der Waals surface area contributed by atoms with E-state index >= 15 is 0 Å². The summed E-state index contributed by atoms with van der Waals surface area (Å²) in [5.74, 6) is 0. The second-order valence-corrected chi connectivity index (χ2v) is 6.21. The molecule has 1 unspecified atom stereocenters. The predicted octanol–water partition coefficient (Wildman–Crippen LogP) is -1.36. The van der Waals surface area contributed by atoms with Crippen molar-refractivity contribution in [1.82, 2.24) is 20.0 Å². The quantitative estimate of drug-likeness (QED) is 0.551. The van der Waals surface area contributed by atoms with E-state index in [2.05, 4.69) is 15.3 Å². The van der Waals surface area contributed by atoms with Crippen LogP contribution in [0.15, 0.2) is 4.79 Å². The molecule has 0 radical (unpaired) electrons. The zero-order valence-electron chi connectivity index (χ0n) is 12.3. The fraction of sp³-hybridized carbons (Fsp3) is 0.786. The first kappa shape index (κ1) is 14.8. The molecule has 21 heavy (non-hydrogen) atoms. The van der Waals surface area contributed by atoms with Crippen molar-refractivity contribution in [3.8, 4) is 0 Å². The second-order valence-electron chi connectivity index (χ2n) is 6.21. The summed E-state index contributed by atoms with van der Waals surface area (Å²) in [6, 6.07) is 0. The number of β-amino-alcohol motifs (C(OH)–C–C–N with tert-alkyl or cyclic N) is 1. The first-order valence-corrected chi connectivity index (χ1v) is 7.68. The molecule has 1 aromatic heterocycles. The molecule has 0 saturated carbocycles. The summed E-state index contributed by atoms with van der Waals surface area (Å²) in [4.78, 5) is 14.3. The van der Waals surface area contributed by atoms with E-state index in [4.69, 9.17) is 5.11 Å². The molecule has 1 saturated heterocycles. The van der Waals surface area contributed by atoms with Crippen LogP contribution in [0.3, 0.4) is 0 Å². The van der Waals surface area contributed by atoms with Gasteiger partial charge < -0.3 is 15.5 Å². The molecule has 0 bridgehead atoms. The summed E-state index contributed by atoms with van der Waals surface area (Å²) in [7, 11) is 0. The van der Waals surface area contributed by atoms with E-state index in [1.807, 2.05) is 0 Å². The van der Waals surface area contributed by atoms with E-state index in [1.54, 1.807) is 0 Å². The zero-order valence-corrected chi connectivity index (χ0v) is 12.3. The number of fused-ring (bicyclic) bond motifs is 1. The van der Waals surface area contributed by atoms with Crippen LogP contribution in [0, 0.1) is 0 Å². The fourth-order valence-electron chi connectivity index (χ4n) is 3.43. The minimum Gasteiger partial charge on any atom is -0.394 e. The number of aliphatic hydroxyl groups excluding tert-OH is 1. The molecule has 2 aliphatic heterocycles. The van der Waals surface area contributed by atoms with Gasteiger partial charge in [-0.3, -0.25) is 19.5 Å². The Hall–Kier alpha value is -1.15. The Balaban J connectivity index is 1.69. The Bertz CT molecular complexity index is 545. The minimum absolute atomic E-state index is 0.0169. The molecule has 4 N–H and O–H groups in total. The van der Waals surface area contributed by atoms with Crippen molar-refractivity contribution in [1.29, 1.82) is 0 Å². The monoisotopic (exact) mass is 296 g/mol. The van der Waals surface area contributed by atoms with Crippen LogP contribution in [-0.2, 0) is 19.5 Å². The van der Waals surface area contributed by atoms with Crippen molar-refractivity contribution in [3.05, 3.63) is 21.6 Å². The van der Waals surface area contributed by atoms with Gasteiger partial charge in [-0.25, -0.2) is 0 Å². The number of nitrogens with zero attached hydrogens (tertiary/aromatic N) is 2. The lowest BCUT2D eigenvalue weighted by atomic mass is 9.92. The largest absolute Gasteiger partial charge is 0.394 e. The van der Waals surface area contributed by atoms with E-state index in [1.165, 1.54) is 4.68 Å². The molecule has 0 spiro atoms. The number of piperidine rings is 1. The molecular formula is C14H24N4O3. The molecule has 2 aliphatic rings. The van der Waals surface area contributed by atoms with Crippen LogP contribution in [0.1, 0.15) is 24.1 Å². The van der Waals surface area contributed by atoms with Crippen molar-refractivity contribution in [2.24, 2.45) is 0 Å². The van der Waals surface area contributed by atoms with Crippen molar-refractivity contribution in [2.45, 2.75) is 38.0 Å². The number of nitrogens with one attached hydrogen (secondary N) is 2. The Morgan fingerprint density at radius 3 is 2.95 bits per heavy atom. The standard InChI is InChI=1S/C14H24N4O3/c19-7-6-18-13(20)11-2-5-17(8-12(11)16-18)10-14(21)3-1-4-15-9-14/h15-16,19,21H,1-10H2. The molecule has 0 amide bonds. The van der Waals surface area contributed by atoms with Gasteiger partial charge >= 0.3 is 0 Å². The smallest absolute Gasteiger partial charge is 0.270 e. The third-order valence-electron chi connectivity index (χ3n) is 4.49. The highest BCUT2D eigenvalue weighted by molar-refractivity contribution is 5.20. The molecule has 1 atom stereocenters. The van der Waals surface area contributed by atoms with Gasteiger partial charge in [0, 0.05) is 31.7 Å². The summed E-state index contributed by atoms with van der Waals surface area (Å²) < 4.78 is 1.48. The Morgan fingerprint density at radius 2 is 2.24 bits per heavy atom. The Kier molecular flexibility index (Phi) is 4.17. The normalized spacial score (nSPS) is 26.8. The highest BCUT2D eigenvalue weighted by Crippen LogP contribution is 2.21. The molecule has 7 heteroatoms. The van der Waals surface area contributed by atoms with Gasteiger partial charge in [-0.2, -0.15) is 0 Å². The first-order valence-electron chi connectivity index (χ1n) is 7.68. The van der Waals surface area contributed by atoms with Crippen molar-refractivity contribution < 1.29 is 10.2 Å². The summed E-state index contributed by atoms with van der Waals surface area (Å²) in [6.45, 7) is 3.95. The van der Waals surface area contributed by atoms with Gasteiger partial charge in [-0.05, 0) is 25.8 Å². The van der Waals surface area contributed by atoms with Gasteiger partial charge in [-0.1, -0.05) is 0 Å². The molecule has 7 nitrogen and oxygen atoms in total. The average Bonchev–Trinajstić information content (AvgIpc) is 2.76. The van der Waals surface area contributed by atoms with Crippen LogP contribution in [0.5, 0.6) is 0 Å². The molecule has 0 aromatic carbocycles. The molecule has 0 aliphatic carbocycles. The molecule has 3 rings (SSSR count). The maximum Gasteiger partial charge on any atom is 0.270 e. The third kappa shape index (κ3) is 3.06. The number of aromatic nitrogens is 2. The lowest BCUT2D eigenvalue weighted by Crippen LogP contribution is -2.53. The van der Waals surface area contributed by atoms with Gasteiger partial charge in [0.1, 0.15) is 0 Å². The van der Waals surface area contributed by atoms with Gasteiger partial charge in [-0.15, -0.1) is 0 Å². The highest BCUT2D eigenvalue weighted by atomic mass is 16.3. The van der Waals surface area contributed by atoms with Crippen LogP contribution in [0.25, 0.3) is 0 Å². The second kappa shape index (κ2) is 5.92. The van der Waals surface area contributed by atoms with Gasteiger partial charge in [0.25, 0.3) is 5.56 Å². The van der Waals surface area contributed by atoms with E-state index in [0.717, 1.165) is 37.2 Å². The van der Waals surface area contributed by atoms with Gasteiger partial charge in [0.05, 0.1) is 24.4 Å². The highest BCUT2D eigenvalue weighted by Gasteiger charge is 2.33. The lowest BCUT2D eigenvalue weighted by Gasteiger charge is -2.38. The number of rotatable bonds is 4. The number of hydrogen-bond acceptors (Lipinski definition) is 5. The van der Waals surface area contributed by atoms with Crippen LogP contribution >= 0.6 is 0 Å². The SMILES string of the molecule is O=c1c2c([nH]n1CCO)CN(CC1(O)CCCNC1)CC2. The summed E-state index contributed by atoms with van der Waals surface area (Å²) >= 11 is 0. The summed E-state index contributed by atoms with van der Waals surface area (Å²) in [5, 5.41) is 25.9. The van der Waals surface area contributed by atoms with Crippen molar-refractivity contribution in [2.75, 3.05) is 32.8 Å². The minimum atomic E-state index is -0.663. The Labute approximate surface area is 123 Å². The van der Waals surface area contributed by atoms with Crippen LogP contribution in [-0.4, -0.2) is 63.3 Å². The van der Waals surface area contributed by atoms with E-state index in [9.17, 15) is 9.90 Å². The molecule has 3 heterocycles. The number of aromatic amines is 1. The third-order valence-corrected chi connectivity index (χ3v) is 4.49. The zero-order chi connectivity index (χ0) is 14.9. The average molecular weight is 296 g/mol. The number of hydrogen-bond donors (Lipinski definition) is 4. The molecule has 1 fully saturated rings. The number of H-pyrrole nitrogens is 1. The molecule has 1 aromatic rings. The predicted molar refractivity (Wildman–Crippen MR) is 78.2 cm³/mol. The molecular weight excluding hydrogens is 272 g/mol. The maximum absolute atomic E-state index is 12.1. The van der Waals surface area contributed by atoms with E-state index in [-0.39, 0.29) is 12.2 Å². The van der Waals surface area contributed by atoms with Gasteiger partial charge in [0.2, 0.25) is 0 Å². The summed E-state index contributed by atoms with van der Waals surface area (Å²) in [6.07, 6.45) is 2.53. The summed E-state index contributed by atoms with van der Waals surface area (Å²) in [5.41, 5.74) is 1.07. The lowest BCUT2D eigenvalue weighted by molar-refractivity contribution is -0.0187. The number of aliphatic hydroxyl groups is 2.